The van der Waals surface area contributed by atoms with Crippen LogP contribution in [0.3, 0.4) is 0 Å². The van der Waals surface area contributed by atoms with Gasteiger partial charge in [-0.1, -0.05) is 6.92 Å². The molecule has 0 aliphatic carbocycles. The molecule has 0 bridgehead atoms. The normalized spacial score (nSPS) is 19.5. The maximum absolute atomic E-state index is 12.5. The molecular formula is C13H19N5O3. The molecule has 2 N–H and O–H groups in total. The molecule has 114 valence electrons. The Hall–Kier alpha value is -2.22. The van der Waals surface area contributed by atoms with Crippen molar-refractivity contribution in [1.29, 1.82) is 0 Å². The minimum atomic E-state index is -0.581. The fraction of sp³-hybridized carbons (Fsp3) is 0.538. The Labute approximate surface area is 122 Å². The number of pyridine rings is 1. The molecule has 1 aromatic rings. The number of carbonyl (C=O) groups excluding carboxylic acids is 1. The fourth-order valence-corrected chi connectivity index (χ4v) is 2.48. The van der Waals surface area contributed by atoms with Crippen molar-refractivity contribution in [1.82, 2.24) is 14.8 Å². The van der Waals surface area contributed by atoms with E-state index >= 15 is 0 Å². The first-order chi connectivity index (χ1) is 9.93. The number of aromatic nitrogens is 1. The average Bonchev–Trinajstić information content (AvgIpc) is 2.47. The molecule has 2 heterocycles. The van der Waals surface area contributed by atoms with E-state index in [9.17, 15) is 14.9 Å². The van der Waals surface area contributed by atoms with Crippen LogP contribution in [0.5, 0.6) is 0 Å². The van der Waals surface area contributed by atoms with E-state index in [-0.39, 0.29) is 29.0 Å². The third kappa shape index (κ3) is 3.10. The summed E-state index contributed by atoms with van der Waals surface area (Å²) in [4.78, 5) is 30.4. The molecular weight excluding hydrogens is 274 g/mol. The summed E-state index contributed by atoms with van der Waals surface area (Å²) in [5, 5.41) is 10.8. The van der Waals surface area contributed by atoms with Gasteiger partial charge in [-0.2, -0.15) is 0 Å². The van der Waals surface area contributed by atoms with Gasteiger partial charge in [-0.3, -0.25) is 19.8 Å². The number of amides is 1. The first-order valence-electron chi connectivity index (χ1n) is 6.83. The number of nitrogen functional groups attached to an aromatic ring is 1. The molecule has 8 nitrogen and oxygen atoms in total. The molecule has 1 fully saturated rings. The standard InChI is InChI=1S/C13H19N5O3/c1-3-9-8-17(5-4-16(9)2)13(19)11-6-10(18(20)21)7-15-12(11)14/h6-7,9H,3-5,8H2,1-2H3,(H2,14,15). The molecule has 0 saturated carbocycles. The first-order valence-corrected chi connectivity index (χ1v) is 6.83. The number of piperazine rings is 1. The third-order valence-electron chi connectivity index (χ3n) is 3.88. The molecule has 1 aromatic heterocycles. The Morgan fingerprint density at radius 1 is 1.57 bits per heavy atom. The lowest BCUT2D eigenvalue weighted by atomic mass is 10.1. The summed E-state index contributed by atoms with van der Waals surface area (Å²) in [5.74, 6) is -0.271. The molecule has 1 amide bonds. The van der Waals surface area contributed by atoms with Gasteiger partial charge in [-0.15, -0.1) is 0 Å². The number of anilines is 1. The average molecular weight is 293 g/mol. The van der Waals surface area contributed by atoms with E-state index in [1.165, 1.54) is 6.07 Å². The molecule has 0 spiro atoms. The predicted octanol–water partition coefficient (Wildman–Crippen LogP) is 0.738. The van der Waals surface area contributed by atoms with Gasteiger partial charge in [0.05, 0.1) is 10.5 Å². The third-order valence-corrected chi connectivity index (χ3v) is 3.88. The number of carbonyl (C=O) groups is 1. The highest BCUT2D eigenvalue weighted by molar-refractivity contribution is 5.99. The Morgan fingerprint density at radius 3 is 2.90 bits per heavy atom. The highest BCUT2D eigenvalue weighted by Gasteiger charge is 2.28. The highest BCUT2D eigenvalue weighted by atomic mass is 16.6. The predicted molar refractivity (Wildman–Crippen MR) is 77.9 cm³/mol. The number of nitrogens with two attached hydrogens (primary N) is 1. The van der Waals surface area contributed by atoms with Crippen molar-refractivity contribution in [3.63, 3.8) is 0 Å². The number of nitrogens with zero attached hydrogens (tertiary/aromatic N) is 4. The summed E-state index contributed by atoms with van der Waals surface area (Å²) >= 11 is 0. The van der Waals surface area contributed by atoms with Crippen LogP contribution in [0.25, 0.3) is 0 Å². The second-order valence-corrected chi connectivity index (χ2v) is 5.18. The molecule has 1 unspecified atom stereocenters. The Kier molecular flexibility index (Phi) is 4.37. The number of rotatable bonds is 3. The van der Waals surface area contributed by atoms with Crippen molar-refractivity contribution in [3.05, 3.63) is 27.9 Å². The van der Waals surface area contributed by atoms with Crippen molar-refractivity contribution in [2.75, 3.05) is 32.4 Å². The number of hydrogen-bond acceptors (Lipinski definition) is 6. The molecule has 0 radical (unpaired) electrons. The summed E-state index contributed by atoms with van der Waals surface area (Å²) in [6.45, 7) is 4.01. The number of likely N-dealkylation sites (N-methyl/N-ethyl adjacent to an activating group) is 1. The molecule has 1 saturated heterocycles. The van der Waals surface area contributed by atoms with Crippen LogP contribution in [0.4, 0.5) is 11.5 Å². The van der Waals surface area contributed by atoms with E-state index in [1.807, 2.05) is 7.05 Å². The summed E-state index contributed by atoms with van der Waals surface area (Å²) in [5.41, 5.74) is 5.57. The van der Waals surface area contributed by atoms with E-state index in [0.717, 1.165) is 19.2 Å². The molecule has 1 atom stereocenters. The number of nitro groups is 1. The lowest BCUT2D eigenvalue weighted by molar-refractivity contribution is -0.385. The van der Waals surface area contributed by atoms with E-state index < -0.39 is 4.92 Å². The number of hydrogen-bond donors (Lipinski definition) is 1. The van der Waals surface area contributed by atoms with Crippen LogP contribution in [0.1, 0.15) is 23.7 Å². The minimum Gasteiger partial charge on any atom is -0.383 e. The van der Waals surface area contributed by atoms with Crippen molar-refractivity contribution >= 4 is 17.4 Å². The lowest BCUT2D eigenvalue weighted by Gasteiger charge is -2.39. The summed E-state index contributed by atoms with van der Waals surface area (Å²) in [6, 6.07) is 1.49. The molecule has 2 rings (SSSR count). The minimum absolute atomic E-state index is 0.0255. The van der Waals surface area contributed by atoms with Crippen molar-refractivity contribution in [2.24, 2.45) is 0 Å². The topological polar surface area (TPSA) is 106 Å². The zero-order valence-electron chi connectivity index (χ0n) is 12.2. The van der Waals surface area contributed by atoms with Gasteiger partial charge in [0.2, 0.25) is 0 Å². The summed E-state index contributed by atoms with van der Waals surface area (Å²) in [7, 11) is 2.03. The second kappa shape index (κ2) is 6.04. The molecule has 1 aliphatic heterocycles. The fourth-order valence-electron chi connectivity index (χ4n) is 2.48. The van der Waals surface area contributed by atoms with Gasteiger partial charge in [-0.25, -0.2) is 4.98 Å². The van der Waals surface area contributed by atoms with Crippen LogP contribution in [0.2, 0.25) is 0 Å². The van der Waals surface area contributed by atoms with E-state index in [4.69, 9.17) is 5.73 Å². The van der Waals surface area contributed by atoms with Gasteiger partial charge < -0.3 is 10.6 Å². The molecule has 8 heteroatoms. The largest absolute Gasteiger partial charge is 0.383 e. The maximum Gasteiger partial charge on any atom is 0.288 e. The van der Waals surface area contributed by atoms with Crippen LogP contribution in [0.15, 0.2) is 12.3 Å². The van der Waals surface area contributed by atoms with Crippen LogP contribution in [0, 0.1) is 10.1 Å². The zero-order chi connectivity index (χ0) is 15.6. The molecule has 0 aromatic carbocycles. The molecule has 1 aliphatic rings. The van der Waals surface area contributed by atoms with Crippen LogP contribution in [-0.2, 0) is 0 Å². The van der Waals surface area contributed by atoms with Gasteiger partial charge in [0.1, 0.15) is 12.0 Å². The monoisotopic (exact) mass is 293 g/mol. The maximum atomic E-state index is 12.5. The van der Waals surface area contributed by atoms with Crippen LogP contribution < -0.4 is 5.73 Å². The lowest BCUT2D eigenvalue weighted by Crippen LogP contribution is -2.53. The Balaban J connectivity index is 2.24. The van der Waals surface area contributed by atoms with Gasteiger partial charge in [0.15, 0.2) is 0 Å². The van der Waals surface area contributed by atoms with Gasteiger partial charge >= 0.3 is 0 Å². The Bertz CT molecular complexity index is 563. The van der Waals surface area contributed by atoms with Crippen LogP contribution in [-0.4, -0.2) is 58.3 Å². The summed E-state index contributed by atoms with van der Waals surface area (Å²) < 4.78 is 0. The van der Waals surface area contributed by atoms with Gasteiger partial charge in [-0.05, 0) is 13.5 Å². The highest BCUT2D eigenvalue weighted by Crippen LogP contribution is 2.20. The van der Waals surface area contributed by atoms with Crippen molar-refractivity contribution < 1.29 is 9.72 Å². The first kappa shape index (κ1) is 15.2. The zero-order valence-corrected chi connectivity index (χ0v) is 12.2. The van der Waals surface area contributed by atoms with E-state index in [0.29, 0.717) is 13.1 Å². The summed E-state index contributed by atoms with van der Waals surface area (Å²) in [6.07, 6.45) is 1.99. The van der Waals surface area contributed by atoms with E-state index in [1.54, 1.807) is 4.90 Å². The smallest absolute Gasteiger partial charge is 0.288 e. The van der Waals surface area contributed by atoms with Crippen molar-refractivity contribution in [3.8, 4) is 0 Å². The quantitative estimate of drug-likeness (QED) is 0.650. The van der Waals surface area contributed by atoms with Gasteiger partial charge in [0.25, 0.3) is 11.6 Å². The van der Waals surface area contributed by atoms with Gasteiger partial charge in [0, 0.05) is 31.7 Å². The van der Waals surface area contributed by atoms with Crippen molar-refractivity contribution in [2.45, 2.75) is 19.4 Å². The Morgan fingerprint density at radius 2 is 2.29 bits per heavy atom. The molecule has 21 heavy (non-hydrogen) atoms. The second-order valence-electron chi connectivity index (χ2n) is 5.18. The SMILES string of the molecule is CCC1CN(C(=O)c2cc([N+](=O)[O-])cnc2N)CCN1C. The van der Waals surface area contributed by atoms with Crippen LogP contribution >= 0.6 is 0 Å². The van der Waals surface area contributed by atoms with E-state index in [2.05, 4.69) is 16.8 Å².